The van der Waals surface area contributed by atoms with Crippen molar-refractivity contribution in [3.05, 3.63) is 35.4 Å². The Labute approximate surface area is 153 Å². The molecule has 142 valence electrons. The highest BCUT2D eigenvalue weighted by molar-refractivity contribution is 7.52. The van der Waals surface area contributed by atoms with E-state index in [9.17, 15) is 14.2 Å². The van der Waals surface area contributed by atoms with E-state index < -0.39 is 31.4 Å². The van der Waals surface area contributed by atoms with E-state index in [0.717, 1.165) is 0 Å². The molecule has 0 aliphatic carbocycles. The molecule has 1 aromatic carbocycles. The fraction of sp³-hybridized carbons (Fsp3) is 0.471. The SMILES string of the molecule is COC(=O)[C@@H](NC(=O)c1ccc(CP(=O)(OC)OC)cc1)[C@@H](C)CC#N. The molecule has 1 N–H and O–H groups in total. The summed E-state index contributed by atoms with van der Waals surface area (Å²) in [6.45, 7) is 1.68. The van der Waals surface area contributed by atoms with E-state index in [2.05, 4.69) is 5.32 Å². The standard InChI is InChI=1S/C17H23N2O6P/c1-12(9-10-18)15(17(21)23-2)19-16(20)14-7-5-13(6-8-14)11-26(22,24-3)25-4/h5-8,12,15H,9,11H2,1-4H3,(H,19,20)/t12-,15-/m0/s1. The lowest BCUT2D eigenvalue weighted by atomic mass is 9.98. The van der Waals surface area contributed by atoms with Crippen molar-refractivity contribution in [1.82, 2.24) is 5.32 Å². The molecule has 0 unspecified atom stereocenters. The Kier molecular flexibility index (Phi) is 8.46. The van der Waals surface area contributed by atoms with Gasteiger partial charge in [-0.1, -0.05) is 19.1 Å². The predicted octanol–water partition coefficient (Wildman–Crippen LogP) is 2.49. The zero-order valence-electron chi connectivity index (χ0n) is 15.2. The largest absolute Gasteiger partial charge is 0.467 e. The van der Waals surface area contributed by atoms with Gasteiger partial charge in [-0.3, -0.25) is 9.36 Å². The molecule has 0 fully saturated rings. The van der Waals surface area contributed by atoms with Crippen LogP contribution >= 0.6 is 7.60 Å². The molecule has 0 aromatic heterocycles. The van der Waals surface area contributed by atoms with Crippen LogP contribution in [0.25, 0.3) is 0 Å². The first-order valence-corrected chi connectivity index (χ1v) is 9.58. The Morgan fingerprint density at radius 1 is 1.19 bits per heavy atom. The van der Waals surface area contributed by atoms with E-state index in [1.165, 1.54) is 21.3 Å². The summed E-state index contributed by atoms with van der Waals surface area (Å²) in [5.74, 6) is -1.48. The zero-order chi connectivity index (χ0) is 19.7. The minimum Gasteiger partial charge on any atom is -0.467 e. The minimum atomic E-state index is -3.19. The summed E-state index contributed by atoms with van der Waals surface area (Å²) in [7, 11) is 0.641. The van der Waals surface area contributed by atoms with Gasteiger partial charge in [-0.25, -0.2) is 4.79 Å². The first-order chi connectivity index (χ1) is 12.3. The molecule has 0 radical (unpaired) electrons. The highest BCUT2D eigenvalue weighted by Crippen LogP contribution is 2.49. The van der Waals surface area contributed by atoms with E-state index in [-0.39, 0.29) is 12.6 Å². The molecule has 2 atom stereocenters. The molecule has 1 amide bonds. The van der Waals surface area contributed by atoms with Crippen molar-refractivity contribution in [2.45, 2.75) is 25.5 Å². The predicted molar refractivity (Wildman–Crippen MR) is 94.4 cm³/mol. The molecule has 0 heterocycles. The number of hydrogen-bond donors (Lipinski definition) is 1. The van der Waals surface area contributed by atoms with Crippen LogP contribution < -0.4 is 5.32 Å². The number of amides is 1. The van der Waals surface area contributed by atoms with Gasteiger partial charge in [-0.05, 0) is 17.7 Å². The molecule has 26 heavy (non-hydrogen) atoms. The summed E-state index contributed by atoms with van der Waals surface area (Å²) in [6, 6.07) is 7.40. The number of carbonyl (C=O) groups is 2. The maximum absolute atomic E-state index is 12.4. The molecule has 1 aromatic rings. The number of nitrogens with zero attached hydrogens (tertiary/aromatic N) is 1. The van der Waals surface area contributed by atoms with Gasteiger partial charge < -0.3 is 19.1 Å². The third kappa shape index (κ3) is 5.95. The number of carbonyl (C=O) groups excluding carboxylic acids is 2. The van der Waals surface area contributed by atoms with Gasteiger partial charge in [-0.2, -0.15) is 5.26 Å². The van der Waals surface area contributed by atoms with Crippen LogP contribution in [0, 0.1) is 17.2 Å². The number of methoxy groups -OCH3 is 1. The number of rotatable bonds is 9. The number of hydrogen-bond acceptors (Lipinski definition) is 7. The molecule has 0 aliphatic rings. The van der Waals surface area contributed by atoms with Crippen molar-refractivity contribution in [2.75, 3.05) is 21.3 Å². The second-order valence-electron chi connectivity index (χ2n) is 5.64. The highest BCUT2D eigenvalue weighted by atomic mass is 31.2. The van der Waals surface area contributed by atoms with Gasteiger partial charge in [0.05, 0.1) is 19.3 Å². The summed E-state index contributed by atoms with van der Waals surface area (Å²) < 4.78 is 26.6. The number of esters is 1. The van der Waals surface area contributed by atoms with E-state index >= 15 is 0 Å². The fourth-order valence-electron chi connectivity index (χ4n) is 2.24. The topological polar surface area (TPSA) is 115 Å². The van der Waals surface area contributed by atoms with Gasteiger partial charge >= 0.3 is 13.6 Å². The number of benzene rings is 1. The lowest BCUT2D eigenvalue weighted by Crippen LogP contribution is -2.45. The Hall–Kier alpha value is -2.20. The van der Waals surface area contributed by atoms with Gasteiger partial charge in [0.25, 0.3) is 5.91 Å². The molecular formula is C17H23N2O6P. The third-order valence-corrected chi connectivity index (χ3v) is 5.74. The highest BCUT2D eigenvalue weighted by Gasteiger charge is 2.28. The second kappa shape index (κ2) is 10.1. The first kappa shape index (κ1) is 21.8. The maximum atomic E-state index is 12.4. The summed E-state index contributed by atoms with van der Waals surface area (Å²) in [5, 5.41) is 11.4. The second-order valence-corrected chi connectivity index (χ2v) is 7.91. The lowest BCUT2D eigenvalue weighted by molar-refractivity contribution is -0.144. The van der Waals surface area contributed by atoms with Crippen molar-refractivity contribution in [3.8, 4) is 6.07 Å². The lowest BCUT2D eigenvalue weighted by Gasteiger charge is -2.21. The number of nitrogens with one attached hydrogen (secondary N) is 1. The average Bonchev–Trinajstić information content (AvgIpc) is 2.65. The van der Waals surface area contributed by atoms with Crippen LogP contribution in [0.2, 0.25) is 0 Å². The van der Waals surface area contributed by atoms with Crippen LogP contribution in [-0.2, 0) is 29.3 Å². The average molecular weight is 382 g/mol. The number of nitriles is 1. The van der Waals surface area contributed by atoms with Crippen LogP contribution in [0.5, 0.6) is 0 Å². The summed E-state index contributed by atoms with van der Waals surface area (Å²) in [6.07, 6.45) is 0.175. The van der Waals surface area contributed by atoms with E-state index in [0.29, 0.717) is 11.1 Å². The monoisotopic (exact) mass is 382 g/mol. The molecule has 1 rings (SSSR count). The Balaban J connectivity index is 2.88. The Morgan fingerprint density at radius 3 is 2.23 bits per heavy atom. The molecule has 0 bridgehead atoms. The van der Waals surface area contributed by atoms with E-state index in [4.69, 9.17) is 19.0 Å². The van der Waals surface area contributed by atoms with Crippen LogP contribution in [0.4, 0.5) is 0 Å². The zero-order valence-corrected chi connectivity index (χ0v) is 16.1. The molecule has 0 saturated heterocycles. The van der Waals surface area contributed by atoms with Crippen LogP contribution in [0.15, 0.2) is 24.3 Å². The summed E-state index contributed by atoms with van der Waals surface area (Å²) >= 11 is 0. The van der Waals surface area contributed by atoms with Crippen molar-refractivity contribution in [3.63, 3.8) is 0 Å². The fourth-order valence-corrected chi connectivity index (χ4v) is 3.30. The quantitative estimate of drug-likeness (QED) is 0.515. The van der Waals surface area contributed by atoms with Gasteiger partial charge in [0.1, 0.15) is 6.04 Å². The molecule has 0 spiro atoms. The van der Waals surface area contributed by atoms with Crippen LogP contribution in [0.1, 0.15) is 29.3 Å². The van der Waals surface area contributed by atoms with Crippen LogP contribution in [-0.4, -0.2) is 39.2 Å². The van der Waals surface area contributed by atoms with Crippen molar-refractivity contribution in [1.29, 1.82) is 5.26 Å². The minimum absolute atomic E-state index is 0.0753. The van der Waals surface area contributed by atoms with Crippen molar-refractivity contribution >= 4 is 19.5 Å². The molecule has 9 heteroatoms. The number of ether oxygens (including phenoxy) is 1. The normalized spacial score (nSPS) is 13.3. The van der Waals surface area contributed by atoms with Crippen molar-refractivity contribution < 1.29 is 27.9 Å². The summed E-state index contributed by atoms with van der Waals surface area (Å²) in [4.78, 5) is 24.3. The van der Waals surface area contributed by atoms with Crippen molar-refractivity contribution in [2.24, 2.45) is 5.92 Å². The van der Waals surface area contributed by atoms with Gasteiger partial charge in [-0.15, -0.1) is 0 Å². The Morgan fingerprint density at radius 2 is 1.77 bits per heavy atom. The molecule has 0 aliphatic heterocycles. The van der Waals surface area contributed by atoms with Gasteiger partial charge in [0.2, 0.25) is 0 Å². The third-order valence-electron chi connectivity index (χ3n) is 3.87. The molecular weight excluding hydrogens is 359 g/mol. The smallest absolute Gasteiger partial charge is 0.334 e. The maximum Gasteiger partial charge on any atom is 0.334 e. The first-order valence-electron chi connectivity index (χ1n) is 7.85. The van der Waals surface area contributed by atoms with Gasteiger partial charge in [0.15, 0.2) is 0 Å². The summed E-state index contributed by atoms with van der Waals surface area (Å²) in [5.41, 5.74) is 0.993. The van der Waals surface area contributed by atoms with E-state index in [1.54, 1.807) is 31.2 Å². The van der Waals surface area contributed by atoms with E-state index in [1.807, 2.05) is 6.07 Å². The Bertz CT molecular complexity index is 705. The molecule has 0 saturated carbocycles. The van der Waals surface area contributed by atoms with Crippen LogP contribution in [0.3, 0.4) is 0 Å². The van der Waals surface area contributed by atoms with Gasteiger partial charge in [0, 0.05) is 32.1 Å². The molecule has 8 nitrogen and oxygen atoms in total.